The van der Waals surface area contributed by atoms with Gasteiger partial charge in [0.15, 0.2) is 11.7 Å². The zero-order valence-electron chi connectivity index (χ0n) is 21.4. The van der Waals surface area contributed by atoms with E-state index in [4.69, 9.17) is 0 Å². The molecule has 40 heavy (non-hydrogen) atoms. The molecule has 0 aliphatic carbocycles. The van der Waals surface area contributed by atoms with Gasteiger partial charge >= 0.3 is 6.18 Å². The molecular weight excluding hydrogens is 603 g/mol. The fourth-order valence-electron chi connectivity index (χ4n) is 5.62. The van der Waals surface area contributed by atoms with E-state index in [0.717, 1.165) is 9.56 Å². The number of alkyl halides is 3. The third-order valence-corrected chi connectivity index (χ3v) is 9.32. The number of rotatable bonds is 5. The van der Waals surface area contributed by atoms with Gasteiger partial charge in [0, 0.05) is 37.5 Å². The van der Waals surface area contributed by atoms with E-state index >= 15 is 0 Å². The van der Waals surface area contributed by atoms with Crippen molar-refractivity contribution < 1.29 is 18.0 Å². The normalized spacial score (nSPS) is 19.9. The lowest BCUT2D eigenvalue weighted by atomic mass is 9.96. The Hall–Kier alpha value is -3.15. The Morgan fingerprint density at radius 3 is 2.12 bits per heavy atom. The summed E-state index contributed by atoms with van der Waals surface area (Å²) in [4.78, 5) is 18.4. The standard InChI is InChI=1S/C29H27BrF3N5OS/c30-24-25(35-38-23(29(31,32)33)18-21(34-27(24)38)22-12-7-17-40-22)28(39)37-15-13-36(14-16-37)26(19-8-3-1-4-9-19)20-10-5-2-6-11-20/h1-12,17,21,23,26,34H,13-16,18H2/t21-,23-/m0/s1. The number of hydrogen-bond donors (Lipinski definition) is 1. The van der Waals surface area contributed by atoms with Crippen molar-refractivity contribution >= 4 is 39.0 Å². The zero-order chi connectivity index (χ0) is 27.9. The number of fused-ring (bicyclic) bond motifs is 1. The highest BCUT2D eigenvalue weighted by molar-refractivity contribution is 9.10. The highest BCUT2D eigenvalue weighted by atomic mass is 79.9. The van der Waals surface area contributed by atoms with Gasteiger partial charge in [-0.25, -0.2) is 4.68 Å². The molecule has 2 aliphatic heterocycles. The lowest BCUT2D eigenvalue weighted by molar-refractivity contribution is -0.173. The first-order valence-electron chi connectivity index (χ1n) is 13.1. The Bertz CT molecular complexity index is 1410. The number of amides is 1. The van der Waals surface area contributed by atoms with Gasteiger partial charge in [-0.1, -0.05) is 66.7 Å². The average molecular weight is 631 g/mol. The van der Waals surface area contributed by atoms with Gasteiger partial charge in [-0.05, 0) is 38.5 Å². The summed E-state index contributed by atoms with van der Waals surface area (Å²) in [5.41, 5.74) is 2.34. The molecule has 2 atom stereocenters. The largest absolute Gasteiger partial charge is 0.410 e. The third-order valence-electron chi connectivity index (χ3n) is 7.58. The summed E-state index contributed by atoms with van der Waals surface area (Å²) in [6, 6.07) is 21.8. The van der Waals surface area contributed by atoms with Crippen LogP contribution in [0.3, 0.4) is 0 Å². The van der Waals surface area contributed by atoms with Crippen LogP contribution in [0, 0.1) is 0 Å². The van der Waals surface area contributed by atoms with E-state index in [1.165, 1.54) is 22.5 Å². The predicted octanol–water partition coefficient (Wildman–Crippen LogP) is 6.91. The molecule has 4 aromatic rings. The first kappa shape index (κ1) is 27.0. The van der Waals surface area contributed by atoms with Gasteiger partial charge in [0.25, 0.3) is 5.91 Å². The summed E-state index contributed by atoms with van der Waals surface area (Å²) in [5.74, 6) is -0.193. The Morgan fingerprint density at radius 1 is 0.950 bits per heavy atom. The van der Waals surface area contributed by atoms with Crippen LogP contribution in [-0.2, 0) is 0 Å². The molecule has 1 fully saturated rings. The number of hydrogen-bond acceptors (Lipinski definition) is 5. The molecule has 0 bridgehead atoms. The van der Waals surface area contributed by atoms with Crippen LogP contribution in [0.1, 0.15) is 51.0 Å². The molecule has 4 heterocycles. The second kappa shape index (κ2) is 11.0. The number of carbonyl (C=O) groups is 1. The predicted molar refractivity (Wildman–Crippen MR) is 153 cm³/mol. The number of carbonyl (C=O) groups excluding carboxylic acids is 1. The topological polar surface area (TPSA) is 53.4 Å². The molecule has 0 unspecified atom stereocenters. The maximum atomic E-state index is 14.1. The molecule has 0 radical (unpaired) electrons. The molecule has 1 amide bonds. The third kappa shape index (κ3) is 5.17. The number of thiophene rings is 1. The highest BCUT2D eigenvalue weighted by Gasteiger charge is 2.48. The fraction of sp³-hybridized carbons (Fsp3) is 0.310. The van der Waals surface area contributed by atoms with Gasteiger partial charge in [0.2, 0.25) is 0 Å². The summed E-state index contributed by atoms with van der Waals surface area (Å²) in [5, 5.41) is 9.26. The second-order valence-corrected chi connectivity index (χ2v) is 11.8. The van der Waals surface area contributed by atoms with Crippen molar-refractivity contribution in [1.82, 2.24) is 19.6 Å². The van der Waals surface area contributed by atoms with Crippen LogP contribution in [0.4, 0.5) is 19.0 Å². The van der Waals surface area contributed by atoms with Crippen molar-refractivity contribution in [2.75, 3.05) is 31.5 Å². The van der Waals surface area contributed by atoms with Crippen LogP contribution in [0.2, 0.25) is 0 Å². The van der Waals surface area contributed by atoms with Gasteiger partial charge < -0.3 is 10.2 Å². The molecular formula is C29H27BrF3N5OS. The van der Waals surface area contributed by atoms with Crippen LogP contribution >= 0.6 is 27.3 Å². The zero-order valence-corrected chi connectivity index (χ0v) is 23.8. The van der Waals surface area contributed by atoms with Gasteiger partial charge in [-0.2, -0.15) is 18.3 Å². The lowest BCUT2D eigenvalue weighted by Gasteiger charge is -2.39. The second-order valence-electron chi connectivity index (χ2n) is 10.0. The summed E-state index contributed by atoms with van der Waals surface area (Å²) >= 11 is 4.82. The number of nitrogens with zero attached hydrogens (tertiary/aromatic N) is 4. The van der Waals surface area contributed by atoms with Gasteiger partial charge in [0.1, 0.15) is 5.82 Å². The Morgan fingerprint density at radius 2 is 1.57 bits per heavy atom. The molecule has 208 valence electrons. The van der Waals surface area contributed by atoms with E-state index in [0.29, 0.717) is 26.2 Å². The van der Waals surface area contributed by atoms with Gasteiger partial charge in [-0.3, -0.25) is 9.69 Å². The van der Waals surface area contributed by atoms with Crippen molar-refractivity contribution in [2.24, 2.45) is 0 Å². The van der Waals surface area contributed by atoms with E-state index in [1.54, 1.807) is 4.90 Å². The van der Waals surface area contributed by atoms with Crippen LogP contribution < -0.4 is 5.32 Å². The van der Waals surface area contributed by atoms with Crippen molar-refractivity contribution in [2.45, 2.75) is 30.7 Å². The molecule has 1 N–H and O–H groups in total. The number of aromatic nitrogens is 2. The van der Waals surface area contributed by atoms with E-state index in [-0.39, 0.29) is 34.4 Å². The van der Waals surface area contributed by atoms with Gasteiger partial charge in [-0.15, -0.1) is 11.3 Å². The monoisotopic (exact) mass is 629 g/mol. The average Bonchev–Trinajstić information content (AvgIpc) is 3.62. The van der Waals surface area contributed by atoms with E-state index < -0.39 is 18.3 Å². The Labute approximate surface area is 242 Å². The molecule has 2 aromatic heterocycles. The smallest absolute Gasteiger partial charge is 0.362 e. The van der Waals surface area contributed by atoms with Crippen LogP contribution in [-0.4, -0.2) is 57.8 Å². The number of halogens is 4. The molecule has 2 aromatic carbocycles. The molecule has 0 spiro atoms. The molecule has 2 aliphatic rings. The van der Waals surface area contributed by atoms with E-state index in [2.05, 4.69) is 55.5 Å². The Balaban J connectivity index is 1.23. The van der Waals surface area contributed by atoms with Crippen LogP contribution in [0.15, 0.2) is 82.6 Å². The van der Waals surface area contributed by atoms with E-state index in [1.807, 2.05) is 53.9 Å². The SMILES string of the molecule is O=C(c1nn2c(c1Br)N[C@H](c1cccs1)C[C@H]2C(F)(F)F)N1CCN(C(c2ccccc2)c2ccccc2)CC1. The number of nitrogens with one attached hydrogen (secondary N) is 1. The summed E-state index contributed by atoms with van der Waals surface area (Å²) in [7, 11) is 0. The fourth-order valence-corrected chi connectivity index (χ4v) is 6.96. The first-order chi connectivity index (χ1) is 19.3. The Kier molecular flexibility index (Phi) is 7.45. The maximum absolute atomic E-state index is 14.1. The summed E-state index contributed by atoms with van der Waals surface area (Å²) in [6.07, 6.45) is -4.70. The number of piperazine rings is 1. The molecule has 6 rings (SSSR count). The van der Waals surface area contributed by atoms with Crippen LogP contribution in [0.5, 0.6) is 0 Å². The highest BCUT2D eigenvalue weighted by Crippen LogP contribution is 2.47. The van der Waals surface area contributed by atoms with Crippen molar-refractivity contribution in [1.29, 1.82) is 0 Å². The molecule has 1 saturated heterocycles. The van der Waals surface area contributed by atoms with Crippen molar-refractivity contribution in [3.63, 3.8) is 0 Å². The minimum absolute atomic E-state index is 0.000279. The first-order valence-corrected chi connectivity index (χ1v) is 14.8. The summed E-state index contributed by atoms with van der Waals surface area (Å²) < 4.78 is 43.6. The maximum Gasteiger partial charge on any atom is 0.410 e. The minimum Gasteiger partial charge on any atom is -0.362 e. The van der Waals surface area contributed by atoms with Crippen molar-refractivity contribution in [3.05, 3.63) is 104 Å². The summed E-state index contributed by atoms with van der Waals surface area (Å²) in [6.45, 7) is 2.12. The van der Waals surface area contributed by atoms with Crippen molar-refractivity contribution in [3.8, 4) is 0 Å². The molecule has 0 saturated carbocycles. The molecule has 11 heteroatoms. The molecule has 6 nitrogen and oxygen atoms in total. The quantitative estimate of drug-likeness (QED) is 0.260. The number of benzene rings is 2. The van der Waals surface area contributed by atoms with Gasteiger partial charge in [0.05, 0.1) is 16.6 Å². The number of anilines is 1. The van der Waals surface area contributed by atoms with E-state index in [9.17, 15) is 18.0 Å². The lowest BCUT2D eigenvalue weighted by Crippen LogP contribution is -2.50. The van der Waals surface area contributed by atoms with Crippen LogP contribution in [0.25, 0.3) is 0 Å². The minimum atomic E-state index is -4.51.